The predicted octanol–water partition coefficient (Wildman–Crippen LogP) is 2.36. The number of carbonyl (C=O) groups excluding carboxylic acids is 1. The molecule has 3 N–H and O–H groups in total. The molecule has 0 saturated carbocycles. The van der Waals surface area contributed by atoms with Crippen molar-refractivity contribution in [3.63, 3.8) is 0 Å². The van der Waals surface area contributed by atoms with Gasteiger partial charge in [0.1, 0.15) is 16.6 Å². The van der Waals surface area contributed by atoms with Gasteiger partial charge in [-0.3, -0.25) is 4.79 Å². The van der Waals surface area contributed by atoms with Crippen molar-refractivity contribution in [3.05, 3.63) is 78.8 Å². The van der Waals surface area contributed by atoms with Gasteiger partial charge in [0.05, 0.1) is 0 Å². The second-order valence-corrected chi connectivity index (χ2v) is 6.60. The minimum absolute atomic E-state index is 0.0456. The van der Waals surface area contributed by atoms with Gasteiger partial charge in [0.2, 0.25) is 0 Å². The fourth-order valence-corrected chi connectivity index (χ4v) is 3.00. The van der Waals surface area contributed by atoms with E-state index in [-0.39, 0.29) is 17.4 Å². The Morgan fingerprint density at radius 1 is 1.00 bits per heavy atom. The molecule has 5 aromatic rings. The Labute approximate surface area is 180 Å². The molecule has 11 nitrogen and oxygen atoms in total. The van der Waals surface area contributed by atoms with Crippen molar-refractivity contribution in [1.82, 2.24) is 35.1 Å². The summed E-state index contributed by atoms with van der Waals surface area (Å²) in [6.45, 7) is 0. The van der Waals surface area contributed by atoms with Crippen LogP contribution in [-0.4, -0.2) is 41.0 Å². The number of primary amides is 1. The molecule has 0 fully saturated rings. The van der Waals surface area contributed by atoms with Crippen LogP contribution in [0.4, 0.5) is 11.5 Å². The number of benzene rings is 2. The molecule has 0 bridgehead atoms. The summed E-state index contributed by atoms with van der Waals surface area (Å²) in [6.07, 6.45) is 4.61. The number of nitrogens with two attached hydrogens (primary N) is 1. The van der Waals surface area contributed by atoms with Gasteiger partial charge in [-0.15, -0.1) is 5.10 Å². The summed E-state index contributed by atoms with van der Waals surface area (Å²) >= 11 is 0. The Bertz CT molecular complexity index is 1420. The first kappa shape index (κ1) is 19.1. The number of nitrogens with zero attached hydrogens (tertiary/aromatic N) is 7. The molecule has 0 atom stereocenters. The van der Waals surface area contributed by atoms with Crippen LogP contribution in [0, 0.1) is 0 Å². The summed E-state index contributed by atoms with van der Waals surface area (Å²) in [5.74, 6) is 0.0573. The van der Waals surface area contributed by atoms with E-state index in [1.807, 2.05) is 36.4 Å². The van der Waals surface area contributed by atoms with Gasteiger partial charge in [-0.2, -0.15) is 4.98 Å². The fourth-order valence-electron chi connectivity index (χ4n) is 3.00. The topological polar surface area (TPSA) is 147 Å². The van der Waals surface area contributed by atoms with E-state index in [0.29, 0.717) is 22.5 Å². The highest BCUT2D eigenvalue weighted by Crippen LogP contribution is 2.24. The molecule has 32 heavy (non-hydrogen) atoms. The number of amides is 1. The SMILES string of the molecule is NC(=O)c1cnc(On2nnc3ccccc32)nc1Nc1cccc(-c2ncccn2)c1. The number of hydrogen-bond donors (Lipinski definition) is 2. The highest BCUT2D eigenvalue weighted by Gasteiger charge is 2.15. The lowest BCUT2D eigenvalue weighted by Gasteiger charge is -2.11. The number of para-hydroxylation sites is 1. The van der Waals surface area contributed by atoms with Crippen molar-refractivity contribution < 1.29 is 9.63 Å². The van der Waals surface area contributed by atoms with Crippen molar-refractivity contribution in [1.29, 1.82) is 0 Å². The first-order valence-electron chi connectivity index (χ1n) is 9.47. The van der Waals surface area contributed by atoms with Gasteiger partial charge in [0.15, 0.2) is 11.6 Å². The summed E-state index contributed by atoms with van der Waals surface area (Å²) in [4.78, 5) is 35.6. The van der Waals surface area contributed by atoms with Crippen molar-refractivity contribution in [2.75, 3.05) is 5.32 Å². The number of anilines is 2. The monoisotopic (exact) mass is 425 g/mol. The van der Waals surface area contributed by atoms with Crippen molar-refractivity contribution in [3.8, 4) is 17.4 Å². The number of nitrogens with one attached hydrogen (secondary N) is 1. The van der Waals surface area contributed by atoms with Crippen LogP contribution in [0.3, 0.4) is 0 Å². The largest absolute Gasteiger partial charge is 0.365 e. The average Bonchev–Trinajstić information content (AvgIpc) is 3.23. The van der Waals surface area contributed by atoms with Crippen LogP contribution < -0.4 is 15.9 Å². The molecule has 11 heteroatoms. The molecule has 3 aromatic heterocycles. The number of hydrogen-bond acceptors (Lipinski definition) is 9. The average molecular weight is 425 g/mol. The van der Waals surface area contributed by atoms with Crippen LogP contribution in [0.2, 0.25) is 0 Å². The Hall–Kier alpha value is -4.93. The number of rotatable bonds is 6. The van der Waals surface area contributed by atoms with E-state index in [4.69, 9.17) is 10.6 Å². The van der Waals surface area contributed by atoms with E-state index in [2.05, 4.69) is 35.6 Å². The molecule has 0 aliphatic carbocycles. The molecule has 156 valence electrons. The van der Waals surface area contributed by atoms with Gasteiger partial charge >= 0.3 is 6.01 Å². The van der Waals surface area contributed by atoms with E-state index in [1.54, 1.807) is 30.6 Å². The Kier molecular flexibility index (Phi) is 4.80. The zero-order valence-corrected chi connectivity index (χ0v) is 16.5. The number of fused-ring (bicyclic) bond motifs is 1. The molecular weight excluding hydrogens is 410 g/mol. The molecule has 1 amide bonds. The Morgan fingerprint density at radius 3 is 2.69 bits per heavy atom. The second kappa shape index (κ2) is 8.07. The van der Waals surface area contributed by atoms with Crippen LogP contribution in [0.5, 0.6) is 6.01 Å². The van der Waals surface area contributed by atoms with E-state index in [9.17, 15) is 4.79 Å². The zero-order valence-electron chi connectivity index (χ0n) is 16.5. The van der Waals surface area contributed by atoms with Crippen molar-refractivity contribution >= 4 is 28.4 Å². The summed E-state index contributed by atoms with van der Waals surface area (Å²) in [6, 6.07) is 16.3. The van der Waals surface area contributed by atoms with Gasteiger partial charge in [-0.05, 0) is 35.5 Å². The number of carbonyl (C=O) groups is 1. The fraction of sp³-hybridized carbons (Fsp3) is 0. The van der Waals surface area contributed by atoms with Gasteiger partial charge in [0.25, 0.3) is 5.91 Å². The number of aromatic nitrogens is 7. The minimum Gasteiger partial charge on any atom is -0.365 e. The highest BCUT2D eigenvalue weighted by molar-refractivity contribution is 5.98. The van der Waals surface area contributed by atoms with Gasteiger partial charge < -0.3 is 15.9 Å². The third-order valence-electron chi connectivity index (χ3n) is 4.47. The van der Waals surface area contributed by atoms with E-state index < -0.39 is 5.91 Å². The first-order valence-corrected chi connectivity index (χ1v) is 9.47. The van der Waals surface area contributed by atoms with Crippen molar-refractivity contribution in [2.45, 2.75) is 0 Å². The summed E-state index contributed by atoms with van der Waals surface area (Å²) in [5.41, 5.74) is 8.33. The molecule has 2 aromatic carbocycles. The Balaban J connectivity index is 1.47. The molecule has 0 aliphatic heterocycles. The molecule has 3 heterocycles. The highest BCUT2D eigenvalue weighted by atomic mass is 16.7. The lowest BCUT2D eigenvalue weighted by atomic mass is 10.2. The zero-order chi connectivity index (χ0) is 21.9. The smallest absolute Gasteiger partial charge is 0.347 e. The Morgan fingerprint density at radius 2 is 1.84 bits per heavy atom. The second-order valence-electron chi connectivity index (χ2n) is 6.60. The van der Waals surface area contributed by atoms with Gasteiger partial charge in [-0.25, -0.2) is 15.0 Å². The maximum absolute atomic E-state index is 11.9. The maximum atomic E-state index is 11.9. The molecule has 0 unspecified atom stereocenters. The van der Waals surface area contributed by atoms with E-state index in [0.717, 1.165) is 5.56 Å². The third-order valence-corrected chi connectivity index (χ3v) is 4.47. The normalized spacial score (nSPS) is 10.8. The maximum Gasteiger partial charge on any atom is 0.347 e. The summed E-state index contributed by atoms with van der Waals surface area (Å²) < 4.78 is 0. The third kappa shape index (κ3) is 3.77. The molecule has 0 saturated heterocycles. The van der Waals surface area contributed by atoms with E-state index >= 15 is 0 Å². The van der Waals surface area contributed by atoms with E-state index in [1.165, 1.54) is 11.0 Å². The van der Waals surface area contributed by atoms with Crippen LogP contribution in [0.15, 0.2) is 73.2 Å². The lowest BCUT2D eigenvalue weighted by molar-refractivity contribution is 0.1000. The van der Waals surface area contributed by atoms with Crippen LogP contribution in [0.1, 0.15) is 10.4 Å². The van der Waals surface area contributed by atoms with Crippen molar-refractivity contribution in [2.24, 2.45) is 5.73 Å². The quantitative estimate of drug-likeness (QED) is 0.418. The lowest BCUT2D eigenvalue weighted by Crippen LogP contribution is -2.17. The van der Waals surface area contributed by atoms with Crippen LogP contribution in [-0.2, 0) is 0 Å². The van der Waals surface area contributed by atoms with Crippen LogP contribution >= 0.6 is 0 Å². The first-order chi connectivity index (χ1) is 15.7. The molecule has 0 radical (unpaired) electrons. The van der Waals surface area contributed by atoms with Crippen LogP contribution in [0.25, 0.3) is 22.4 Å². The molecule has 5 rings (SSSR count). The van der Waals surface area contributed by atoms with Gasteiger partial charge in [-0.1, -0.05) is 29.1 Å². The standard InChI is InChI=1S/C21H15N9O2/c22-18(31)15-12-25-21(32-30-17-8-2-1-7-16(17)28-29-30)27-20(15)26-14-6-3-5-13(11-14)19-23-9-4-10-24-19/h1-12H,(H2,22,31)(H,25,26,27). The minimum atomic E-state index is -0.687. The molecular formula is C21H15N9O2. The molecule has 0 aliphatic rings. The summed E-state index contributed by atoms with van der Waals surface area (Å²) in [7, 11) is 0. The van der Waals surface area contributed by atoms with Gasteiger partial charge in [0, 0.05) is 29.8 Å². The predicted molar refractivity (Wildman–Crippen MR) is 115 cm³/mol. The molecule has 0 spiro atoms. The summed E-state index contributed by atoms with van der Waals surface area (Å²) in [5, 5.41) is 11.1.